The highest BCUT2D eigenvalue weighted by Gasteiger charge is 2.28. The maximum Gasteiger partial charge on any atom is 0.0669 e. The van der Waals surface area contributed by atoms with E-state index in [1.807, 2.05) is 6.07 Å². The highest BCUT2D eigenvalue weighted by Crippen LogP contribution is 2.35. The molecule has 3 nitrogen and oxygen atoms in total. The van der Waals surface area contributed by atoms with E-state index < -0.39 is 9.45 Å². The molecule has 0 aromatic heterocycles. The molecule has 2 N–H and O–H groups in total. The van der Waals surface area contributed by atoms with Gasteiger partial charge in [-0.3, -0.25) is 0 Å². The first-order valence-electron chi connectivity index (χ1n) is 4.30. The number of nitrogens with two attached hydrogens (primary N) is 1. The van der Waals surface area contributed by atoms with Crippen LogP contribution in [0.4, 0.5) is 9.57 Å². The maximum absolute atomic E-state index is 13.9. The minimum absolute atomic E-state index is 0.0141. The summed E-state index contributed by atoms with van der Waals surface area (Å²) in [5, 5.41) is 8.50. The summed E-state index contributed by atoms with van der Waals surface area (Å²) in [7, 11) is -4.34. The van der Waals surface area contributed by atoms with Crippen molar-refractivity contribution in [3.63, 3.8) is 0 Å². The van der Waals surface area contributed by atoms with Gasteiger partial charge < -0.3 is 5.73 Å². The van der Waals surface area contributed by atoms with E-state index in [4.69, 9.17) is 11.0 Å². The summed E-state index contributed by atoms with van der Waals surface area (Å²) >= 11 is 0. The number of anilines is 1. The number of hydrogen-bond donors (Lipinski definition) is 1. The number of hydrogen-bond acceptors (Lipinski definition) is 3. The van der Waals surface area contributed by atoms with Gasteiger partial charge in [-0.25, -0.2) is 4.21 Å². The minimum Gasteiger partial charge on any atom is -0.398 e. The molecule has 0 aliphatic carbocycles. The molecule has 0 unspecified atom stereocenters. The molecule has 0 heterocycles. The molecule has 0 spiro atoms. The van der Waals surface area contributed by atoms with E-state index in [1.54, 1.807) is 6.07 Å². The first kappa shape index (κ1) is 11.7. The van der Waals surface area contributed by atoms with Gasteiger partial charge in [-0.1, -0.05) is 6.07 Å². The fourth-order valence-electron chi connectivity index (χ4n) is 1.27. The van der Waals surface area contributed by atoms with Crippen molar-refractivity contribution in [1.82, 2.24) is 0 Å². The Morgan fingerprint density at radius 3 is 2.60 bits per heavy atom. The van der Waals surface area contributed by atoms with Crippen LogP contribution in [0.25, 0.3) is 0 Å². The molecule has 82 valence electrons. The van der Waals surface area contributed by atoms with Crippen molar-refractivity contribution < 1.29 is 8.09 Å². The van der Waals surface area contributed by atoms with E-state index in [0.717, 1.165) is 12.5 Å². The van der Waals surface area contributed by atoms with Crippen LogP contribution in [-0.2, 0) is 15.9 Å². The Hall–Kier alpha value is -1.41. The first-order valence-corrected chi connectivity index (χ1v) is 6.98. The number of nitrogen functional groups attached to an aromatic ring is 1. The van der Waals surface area contributed by atoms with Crippen LogP contribution in [0.15, 0.2) is 23.1 Å². The molecular weight excluding hydrogens is 215 g/mol. The molecule has 0 atom stereocenters. The largest absolute Gasteiger partial charge is 0.398 e. The van der Waals surface area contributed by atoms with E-state index in [9.17, 15) is 8.09 Å². The second-order valence-corrected chi connectivity index (χ2v) is 7.69. The van der Waals surface area contributed by atoms with Crippen LogP contribution in [0.1, 0.15) is 5.56 Å². The van der Waals surface area contributed by atoms with Gasteiger partial charge in [-0.2, -0.15) is 9.15 Å². The molecule has 1 aromatic carbocycles. The smallest absolute Gasteiger partial charge is 0.0669 e. The monoisotopic (exact) mass is 228 g/mol. The van der Waals surface area contributed by atoms with Crippen LogP contribution in [0.5, 0.6) is 0 Å². The van der Waals surface area contributed by atoms with Crippen LogP contribution < -0.4 is 5.73 Å². The lowest BCUT2D eigenvalue weighted by Gasteiger charge is -2.25. The average molecular weight is 228 g/mol. The van der Waals surface area contributed by atoms with Crippen molar-refractivity contribution in [3.8, 4) is 6.07 Å². The van der Waals surface area contributed by atoms with E-state index in [-0.39, 0.29) is 17.0 Å². The second kappa shape index (κ2) is 3.31. The van der Waals surface area contributed by atoms with Crippen molar-refractivity contribution in [2.45, 2.75) is 11.3 Å². The Balaban J connectivity index is 3.38. The number of rotatable bonds is 2. The third-order valence-electron chi connectivity index (χ3n) is 1.97. The third kappa shape index (κ3) is 2.77. The summed E-state index contributed by atoms with van der Waals surface area (Å²) in [6.07, 6.45) is 2.20. The Labute approximate surface area is 88.4 Å². The lowest BCUT2D eigenvalue weighted by molar-refractivity contribution is 0.619. The summed E-state index contributed by atoms with van der Waals surface area (Å²) in [6, 6.07) is 6.44. The molecule has 0 bridgehead atoms. The molecule has 15 heavy (non-hydrogen) atoms. The van der Waals surface area contributed by atoms with Gasteiger partial charge in [0.05, 0.1) is 26.8 Å². The lowest BCUT2D eigenvalue weighted by atomic mass is 10.1. The topological polar surface area (TPSA) is 66.9 Å². The van der Waals surface area contributed by atoms with Crippen LogP contribution in [0.2, 0.25) is 0 Å². The minimum atomic E-state index is -4.34. The molecule has 0 aliphatic rings. The van der Waals surface area contributed by atoms with Crippen molar-refractivity contribution >= 4 is 15.1 Å². The zero-order valence-electron chi connectivity index (χ0n) is 8.66. The van der Waals surface area contributed by atoms with Gasteiger partial charge in [-0.05, 0) is 17.7 Å². The predicted molar refractivity (Wildman–Crippen MR) is 59.5 cm³/mol. The Morgan fingerprint density at radius 1 is 1.53 bits per heavy atom. The van der Waals surface area contributed by atoms with Gasteiger partial charge in [0.2, 0.25) is 0 Å². The Kier molecular flexibility index (Phi) is 2.58. The lowest BCUT2D eigenvalue weighted by Crippen LogP contribution is -2.24. The predicted octanol–water partition coefficient (Wildman–Crippen LogP) is 1.66. The van der Waals surface area contributed by atoms with Gasteiger partial charge in [0, 0.05) is 18.2 Å². The quantitative estimate of drug-likeness (QED) is 0.618. The number of nitriles is 1. The molecule has 0 saturated heterocycles. The van der Waals surface area contributed by atoms with Gasteiger partial charge in [-0.15, -0.1) is 0 Å². The zero-order valence-corrected chi connectivity index (χ0v) is 9.47. The molecule has 1 rings (SSSR count). The van der Waals surface area contributed by atoms with Crippen LogP contribution in [0, 0.1) is 11.3 Å². The molecule has 0 amide bonds. The summed E-state index contributed by atoms with van der Waals surface area (Å²) in [5.74, 6) is 0. The summed E-state index contributed by atoms with van der Waals surface area (Å²) in [4.78, 5) is -0.0141. The summed E-state index contributed by atoms with van der Waals surface area (Å²) in [5.41, 5.74) is 6.33. The number of nitrogens with zero attached hydrogens (tertiary/aromatic N) is 1. The van der Waals surface area contributed by atoms with Crippen LogP contribution in [-0.4, -0.2) is 16.7 Å². The van der Waals surface area contributed by atoms with E-state index >= 15 is 0 Å². The van der Waals surface area contributed by atoms with Gasteiger partial charge in [0.25, 0.3) is 0 Å². The fourth-order valence-corrected chi connectivity index (χ4v) is 2.48. The summed E-state index contributed by atoms with van der Waals surface area (Å²) < 4.78 is 25.6. The van der Waals surface area contributed by atoms with Crippen LogP contribution in [0.3, 0.4) is 0 Å². The standard InChI is InChI=1S/C10H13FN2OS/c1-15(2,11,14)10-7-8(5-6-12)3-4-9(10)13/h3-4,7H,5,13H2,1-2H3. The third-order valence-corrected chi connectivity index (χ3v) is 3.55. The summed E-state index contributed by atoms with van der Waals surface area (Å²) in [6.45, 7) is 0. The van der Waals surface area contributed by atoms with E-state index in [1.165, 1.54) is 12.1 Å². The zero-order chi connectivity index (χ0) is 11.7. The van der Waals surface area contributed by atoms with Crippen molar-refractivity contribution in [1.29, 1.82) is 5.26 Å². The fraction of sp³-hybridized carbons (Fsp3) is 0.300. The molecule has 1 aromatic rings. The number of benzene rings is 1. The number of halogens is 1. The highest BCUT2D eigenvalue weighted by molar-refractivity contribution is 8.14. The first-order chi connectivity index (χ1) is 6.71. The molecule has 0 aliphatic heterocycles. The van der Waals surface area contributed by atoms with Gasteiger partial charge in [0.1, 0.15) is 0 Å². The Bertz CT molecular complexity index is 488. The van der Waals surface area contributed by atoms with Crippen molar-refractivity contribution in [3.05, 3.63) is 23.8 Å². The van der Waals surface area contributed by atoms with Gasteiger partial charge in [0.15, 0.2) is 0 Å². The van der Waals surface area contributed by atoms with Gasteiger partial charge >= 0.3 is 0 Å². The normalized spacial score (nSPS) is 13.9. The Morgan fingerprint density at radius 2 is 2.13 bits per heavy atom. The van der Waals surface area contributed by atoms with Crippen molar-refractivity contribution in [2.24, 2.45) is 0 Å². The van der Waals surface area contributed by atoms with E-state index in [2.05, 4.69) is 0 Å². The molecule has 5 heteroatoms. The highest BCUT2D eigenvalue weighted by atomic mass is 32.3. The second-order valence-electron chi connectivity index (χ2n) is 3.89. The van der Waals surface area contributed by atoms with E-state index in [0.29, 0.717) is 5.56 Å². The van der Waals surface area contributed by atoms with Crippen molar-refractivity contribution in [2.75, 3.05) is 18.2 Å². The molecule has 0 radical (unpaired) electrons. The SMILES string of the molecule is CS(C)(=O)(F)c1cc(CC#N)ccc1N. The molecule has 0 fully saturated rings. The average Bonchev–Trinajstić information content (AvgIpc) is 2.05. The maximum atomic E-state index is 13.9. The molecular formula is C10H13FN2OS. The van der Waals surface area contributed by atoms with Crippen LogP contribution >= 0.6 is 0 Å². The molecule has 0 saturated carbocycles.